The van der Waals surface area contributed by atoms with Crippen molar-refractivity contribution < 1.29 is 32.0 Å². The van der Waals surface area contributed by atoms with E-state index in [0.29, 0.717) is 13.2 Å². The van der Waals surface area contributed by atoms with E-state index >= 15 is 0 Å². The third kappa shape index (κ3) is 40.6. The van der Waals surface area contributed by atoms with Crippen LogP contribution < -0.4 is 11.9 Å². The number of carbonyl (C=O) groups excluding carboxylic acids is 2. The highest BCUT2D eigenvalue weighted by Crippen LogP contribution is 2.16. The van der Waals surface area contributed by atoms with E-state index < -0.39 is 28.1 Å². The molecule has 0 aliphatic heterocycles. The fraction of sp³-hybridized carbons (Fsp3) is 0.830. The molecule has 0 aliphatic rings. The Morgan fingerprint density at radius 2 is 0.807 bits per heavy atom. The fourth-order valence-corrected chi connectivity index (χ4v) is 7.28. The van der Waals surface area contributed by atoms with Crippen molar-refractivity contribution in [1.82, 2.24) is 6.15 Å². The van der Waals surface area contributed by atoms with Gasteiger partial charge in [0.05, 0.1) is 24.5 Å². The molecule has 336 valence electrons. The first-order valence-corrected chi connectivity index (χ1v) is 24.7. The van der Waals surface area contributed by atoms with Gasteiger partial charge >= 0.3 is 11.9 Å². The summed E-state index contributed by atoms with van der Waals surface area (Å²) >= 11 is 0. The molecule has 0 unspecified atom stereocenters. The first-order valence-electron chi connectivity index (χ1n) is 23.2. The minimum Gasteiger partial charge on any atom is -0.466 e. The largest absolute Gasteiger partial charge is 0.466 e. The first kappa shape index (κ1) is 57.1. The van der Waals surface area contributed by atoms with Crippen LogP contribution in [0.1, 0.15) is 231 Å². The second-order valence-corrected chi connectivity index (χ2v) is 17.5. The zero-order valence-electron chi connectivity index (χ0n) is 37.2. The van der Waals surface area contributed by atoms with Gasteiger partial charge in [-0.15, -0.1) is 0 Å². The molecule has 0 amide bonds. The Kier molecular flexibility index (Phi) is 42.2. The molecule has 0 saturated heterocycles. The Hall–Kier alpha value is -2.01. The maximum atomic E-state index is 12.1. The van der Waals surface area contributed by atoms with E-state index in [4.69, 9.17) is 19.8 Å². The number of ether oxygens (including phenoxy) is 2. The van der Waals surface area contributed by atoms with Gasteiger partial charge in [0.1, 0.15) is 6.04 Å². The monoisotopic (exact) mass is 827 g/mol. The predicted molar refractivity (Wildman–Crippen MR) is 240 cm³/mol. The lowest BCUT2D eigenvalue weighted by Crippen LogP contribution is -2.35. The Morgan fingerprint density at radius 3 is 1.11 bits per heavy atom. The van der Waals surface area contributed by atoms with E-state index in [-0.39, 0.29) is 17.5 Å². The number of rotatable bonds is 38. The first-order chi connectivity index (χ1) is 27.1. The van der Waals surface area contributed by atoms with Crippen molar-refractivity contribution in [3.8, 4) is 0 Å². The molecule has 1 aromatic rings. The van der Waals surface area contributed by atoms with Crippen molar-refractivity contribution in [2.45, 2.75) is 244 Å². The van der Waals surface area contributed by atoms with Crippen LogP contribution in [-0.2, 0) is 29.2 Å². The summed E-state index contributed by atoms with van der Waals surface area (Å²) in [6.07, 6.45) is 42.0. The molecule has 0 aliphatic carbocycles. The van der Waals surface area contributed by atoms with Gasteiger partial charge < -0.3 is 21.4 Å². The minimum atomic E-state index is -4.02. The average molecular weight is 827 g/mol. The second-order valence-electron chi connectivity index (χ2n) is 16.1. The van der Waals surface area contributed by atoms with E-state index in [2.05, 4.69) is 13.8 Å². The van der Waals surface area contributed by atoms with Gasteiger partial charge in [0.2, 0.25) is 0 Å². The molecule has 10 heteroatoms. The fourth-order valence-electron chi connectivity index (χ4n) is 6.80. The standard InChI is InChI=1S/C40H79NO4.C7H8O3S.H3N/c1-3-5-7-9-11-13-15-17-19-21-23-25-27-29-31-33-35-44-39(42)37-38(41)40(43)45-36-34-32-30-28-26-24-22-20-18-16-14-12-10-8-6-4-2;1-6-2-4-7(5-3-6)11(8,9)10;/h38H,3-37,41H2,1-2H3;2-5H,1H3,(H,8,9,10);1H3/t38-;;/m0../s1. The number of esters is 2. The van der Waals surface area contributed by atoms with E-state index in [9.17, 15) is 18.0 Å². The number of unbranched alkanes of at least 4 members (excludes halogenated alkanes) is 30. The topological polar surface area (TPSA) is 168 Å². The van der Waals surface area contributed by atoms with Crippen molar-refractivity contribution in [1.29, 1.82) is 0 Å². The van der Waals surface area contributed by atoms with Crippen LogP contribution in [0.4, 0.5) is 0 Å². The van der Waals surface area contributed by atoms with E-state index in [1.165, 1.54) is 192 Å². The Morgan fingerprint density at radius 1 is 0.526 bits per heavy atom. The number of aryl methyl sites for hydroxylation is 1. The number of nitrogens with two attached hydrogens (primary N) is 1. The molecule has 0 bridgehead atoms. The van der Waals surface area contributed by atoms with Gasteiger partial charge in [-0.3, -0.25) is 14.1 Å². The summed E-state index contributed by atoms with van der Waals surface area (Å²) in [5, 5.41) is 0. The summed E-state index contributed by atoms with van der Waals surface area (Å²) < 4.78 is 40.1. The molecule has 0 heterocycles. The molecule has 1 rings (SSSR count). The summed E-state index contributed by atoms with van der Waals surface area (Å²) in [6.45, 7) is 7.20. The lowest BCUT2D eigenvalue weighted by molar-refractivity contribution is -0.152. The Balaban J connectivity index is 0. The Bertz CT molecular complexity index is 1130. The van der Waals surface area contributed by atoms with Crippen molar-refractivity contribution in [2.24, 2.45) is 5.73 Å². The number of hydrogen-bond acceptors (Lipinski definition) is 8. The molecule has 6 N–H and O–H groups in total. The SMILES string of the molecule is CCCCCCCCCCCCCCCCCCOC(=O)C[C@H](N)C(=O)OCCCCCCCCCCCCCCCCCC.Cc1ccc(S(=O)(=O)O)cc1.N. The summed E-state index contributed by atoms with van der Waals surface area (Å²) in [7, 11) is -4.02. The molecule has 57 heavy (non-hydrogen) atoms. The third-order valence-corrected chi connectivity index (χ3v) is 11.4. The van der Waals surface area contributed by atoms with Crippen LogP contribution in [0.3, 0.4) is 0 Å². The molecule has 0 aromatic heterocycles. The van der Waals surface area contributed by atoms with Crippen LogP contribution in [0.25, 0.3) is 0 Å². The third-order valence-electron chi connectivity index (χ3n) is 10.5. The molecular weight excluding hydrogens is 737 g/mol. The van der Waals surface area contributed by atoms with Gasteiger partial charge in [-0.05, 0) is 31.9 Å². The van der Waals surface area contributed by atoms with Crippen LogP contribution in [0.15, 0.2) is 29.2 Å². The quantitative estimate of drug-likeness (QED) is 0.0334. The van der Waals surface area contributed by atoms with E-state index in [1.54, 1.807) is 12.1 Å². The van der Waals surface area contributed by atoms with Gasteiger partial charge in [0.15, 0.2) is 0 Å². The zero-order chi connectivity index (χ0) is 41.4. The summed E-state index contributed by atoms with van der Waals surface area (Å²) in [5.41, 5.74) is 6.84. The minimum absolute atomic E-state index is 0. The molecule has 1 aromatic carbocycles. The van der Waals surface area contributed by atoms with E-state index in [1.807, 2.05) is 6.92 Å². The van der Waals surface area contributed by atoms with Crippen LogP contribution in [0.2, 0.25) is 0 Å². The molecular formula is C47H90N2O7S. The molecule has 1 atom stereocenters. The van der Waals surface area contributed by atoms with Crippen LogP contribution in [0, 0.1) is 6.92 Å². The van der Waals surface area contributed by atoms with Crippen molar-refractivity contribution in [3.05, 3.63) is 29.8 Å². The molecule has 0 radical (unpaired) electrons. The molecule has 0 saturated carbocycles. The number of carbonyl (C=O) groups is 2. The smallest absolute Gasteiger partial charge is 0.323 e. The van der Waals surface area contributed by atoms with Crippen molar-refractivity contribution in [3.63, 3.8) is 0 Å². The highest BCUT2D eigenvalue weighted by atomic mass is 32.2. The van der Waals surface area contributed by atoms with Gasteiger partial charge in [0.25, 0.3) is 10.1 Å². The maximum Gasteiger partial charge on any atom is 0.323 e. The second kappa shape index (κ2) is 42.1. The summed E-state index contributed by atoms with van der Waals surface area (Å²) in [4.78, 5) is 24.1. The molecule has 0 fully saturated rings. The Labute approximate surface area is 351 Å². The van der Waals surface area contributed by atoms with Crippen LogP contribution in [-0.4, -0.2) is 44.2 Å². The highest BCUT2D eigenvalue weighted by molar-refractivity contribution is 7.85. The summed E-state index contributed by atoms with van der Waals surface area (Å²) in [6, 6.07) is 5.06. The molecule has 0 spiro atoms. The molecule has 9 nitrogen and oxygen atoms in total. The van der Waals surface area contributed by atoms with Gasteiger partial charge in [-0.1, -0.05) is 224 Å². The van der Waals surface area contributed by atoms with Crippen molar-refractivity contribution in [2.75, 3.05) is 13.2 Å². The van der Waals surface area contributed by atoms with Crippen LogP contribution >= 0.6 is 0 Å². The summed E-state index contributed by atoms with van der Waals surface area (Å²) in [5.74, 6) is -0.891. The lowest BCUT2D eigenvalue weighted by atomic mass is 10.0. The highest BCUT2D eigenvalue weighted by Gasteiger charge is 2.19. The van der Waals surface area contributed by atoms with Crippen LogP contribution in [0.5, 0.6) is 0 Å². The van der Waals surface area contributed by atoms with E-state index in [0.717, 1.165) is 31.2 Å². The lowest BCUT2D eigenvalue weighted by Gasteiger charge is -2.11. The van der Waals surface area contributed by atoms with Gasteiger partial charge in [-0.25, -0.2) is 0 Å². The average Bonchev–Trinajstić information content (AvgIpc) is 3.17. The number of benzene rings is 1. The van der Waals surface area contributed by atoms with Crippen molar-refractivity contribution >= 4 is 22.1 Å². The number of hydrogen-bond donors (Lipinski definition) is 3. The maximum absolute atomic E-state index is 12.1. The van der Waals surface area contributed by atoms with Gasteiger partial charge in [0, 0.05) is 0 Å². The zero-order valence-corrected chi connectivity index (χ0v) is 38.0. The predicted octanol–water partition coefficient (Wildman–Crippen LogP) is 13.7. The van der Waals surface area contributed by atoms with Gasteiger partial charge in [-0.2, -0.15) is 8.42 Å². The normalized spacial score (nSPS) is 11.7.